The van der Waals surface area contributed by atoms with Crippen LogP contribution in [0.2, 0.25) is 0 Å². The van der Waals surface area contributed by atoms with Crippen LogP contribution in [0.5, 0.6) is 0 Å². The van der Waals surface area contributed by atoms with Crippen molar-refractivity contribution in [2.24, 2.45) is 0 Å². The standard InChI is InChI=1S/C31H33NO4/c1-3-23-35-29(33)22-14-21-28(30(34)36-24-4-2)32-31(25-15-8-5-9-16-25,26-17-10-6-11-18-26)27-19-12-7-13-20-27/h3-13,15-20,28,32H,1-2,14,21-24H2. The number of hydrogen-bond acceptors (Lipinski definition) is 5. The molecular formula is C31H33NO4. The number of rotatable bonds is 14. The lowest BCUT2D eigenvalue weighted by molar-refractivity contribution is -0.146. The van der Waals surface area contributed by atoms with Gasteiger partial charge >= 0.3 is 11.9 Å². The lowest BCUT2D eigenvalue weighted by atomic mass is 9.76. The monoisotopic (exact) mass is 483 g/mol. The van der Waals surface area contributed by atoms with E-state index in [1.54, 1.807) is 6.08 Å². The predicted octanol–water partition coefficient (Wildman–Crippen LogP) is 5.57. The number of carbonyl (C=O) groups excluding carboxylic acids is 2. The van der Waals surface area contributed by atoms with Crippen molar-refractivity contribution in [3.05, 3.63) is 133 Å². The molecule has 1 atom stereocenters. The smallest absolute Gasteiger partial charge is 0.323 e. The van der Waals surface area contributed by atoms with Gasteiger partial charge in [-0.05, 0) is 29.5 Å². The van der Waals surface area contributed by atoms with E-state index < -0.39 is 17.6 Å². The number of esters is 2. The summed E-state index contributed by atoms with van der Waals surface area (Å²) in [5, 5.41) is 3.66. The molecule has 0 aromatic heterocycles. The Labute approximate surface area is 213 Å². The second-order valence-electron chi connectivity index (χ2n) is 8.33. The van der Waals surface area contributed by atoms with Crippen LogP contribution in [0.1, 0.15) is 36.0 Å². The molecule has 3 aromatic rings. The summed E-state index contributed by atoms with van der Waals surface area (Å²) < 4.78 is 10.6. The van der Waals surface area contributed by atoms with Gasteiger partial charge in [0, 0.05) is 6.42 Å². The summed E-state index contributed by atoms with van der Waals surface area (Å²) in [4.78, 5) is 25.3. The average molecular weight is 484 g/mol. The largest absolute Gasteiger partial charge is 0.461 e. The van der Waals surface area contributed by atoms with Crippen molar-refractivity contribution in [2.75, 3.05) is 13.2 Å². The molecule has 0 fully saturated rings. The van der Waals surface area contributed by atoms with Crippen LogP contribution < -0.4 is 5.32 Å². The maximum Gasteiger partial charge on any atom is 0.323 e. The summed E-state index contributed by atoms with van der Waals surface area (Å²) in [5.41, 5.74) is 2.10. The van der Waals surface area contributed by atoms with Crippen molar-refractivity contribution < 1.29 is 19.1 Å². The zero-order valence-corrected chi connectivity index (χ0v) is 20.5. The molecule has 0 saturated carbocycles. The summed E-state index contributed by atoms with van der Waals surface area (Å²) in [5.74, 6) is -0.727. The first-order chi connectivity index (χ1) is 17.6. The summed E-state index contributed by atoms with van der Waals surface area (Å²) in [7, 11) is 0. The van der Waals surface area contributed by atoms with E-state index in [1.807, 2.05) is 91.0 Å². The van der Waals surface area contributed by atoms with Crippen LogP contribution in [-0.2, 0) is 24.6 Å². The minimum Gasteiger partial charge on any atom is -0.461 e. The van der Waals surface area contributed by atoms with Crippen molar-refractivity contribution >= 4 is 11.9 Å². The van der Waals surface area contributed by atoms with Gasteiger partial charge in [0.2, 0.25) is 0 Å². The van der Waals surface area contributed by atoms with E-state index in [2.05, 4.69) is 18.5 Å². The Bertz CT molecular complexity index is 1020. The fourth-order valence-electron chi connectivity index (χ4n) is 4.24. The highest BCUT2D eigenvalue weighted by atomic mass is 16.5. The van der Waals surface area contributed by atoms with Gasteiger partial charge in [-0.25, -0.2) is 0 Å². The number of benzene rings is 3. The fourth-order valence-corrected chi connectivity index (χ4v) is 4.24. The highest BCUT2D eigenvalue weighted by Crippen LogP contribution is 2.37. The van der Waals surface area contributed by atoms with Crippen LogP contribution in [0.25, 0.3) is 0 Å². The maximum absolute atomic E-state index is 13.3. The van der Waals surface area contributed by atoms with Gasteiger partial charge in [-0.15, -0.1) is 0 Å². The second-order valence-corrected chi connectivity index (χ2v) is 8.33. The third kappa shape index (κ3) is 6.80. The molecule has 0 radical (unpaired) electrons. The van der Waals surface area contributed by atoms with E-state index in [9.17, 15) is 9.59 Å². The van der Waals surface area contributed by atoms with E-state index in [0.717, 1.165) is 16.7 Å². The van der Waals surface area contributed by atoms with E-state index in [-0.39, 0.29) is 25.6 Å². The molecule has 5 heteroatoms. The van der Waals surface area contributed by atoms with Crippen LogP contribution in [0, 0.1) is 0 Å². The van der Waals surface area contributed by atoms with E-state index in [0.29, 0.717) is 12.8 Å². The number of ether oxygens (including phenoxy) is 2. The lowest BCUT2D eigenvalue weighted by Crippen LogP contribution is -2.53. The summed E-state index contributed by atoms with van der Waals surface area (Å²) in [6.07, 6.45) is 4.09. The number of nitrogens with one attached hydrogen (secondary N) is 1. The first-order valence-corrected chi connectivity index (χ1v) is 12.1. The molecule has 1 N–H and O–H groups in total. The van der Waals surface area contributed by atoms with Crippen LogP contribution in [0.3, 0.4) is 0 Å². The third-order valence-electron chi connectivity index (χ3n) is 5.87. The molecular weight excluding hydrogens is 450 g/mol. The van der Waals surface area contributed by atoms with Crippen LogP contribution in [0.4, 0.5) is 0 Å². The highest BCUT2D eigenvalue weighted by molar-refractivity contribution is 5.77. The molecule has 36 heavy (non-hydrogen) atoms. The Kier molecular flexibility index (Phi) is 10.2. The molecule has 0 aliphatic rings. The normalized spacial score (nSPS) is 11.8. The molecule has 0 bridgehead atoms. The second kappa shape index (κ2) is 13.8. The molecule has 0 saturated heterocycles. The molecule has 0 aliphatic carbocycles. The topological polar surface area (TPSA) is 64.6 Å². The Hall–Kier alpha value is -3.96. The first kappa shape index (κ1) is 26.6. The van der Waals surface area contributed by atoms with Gasteiger partial charge in [-0.3, -0.25) is 14.9 Å². The minimum atomic E-state index is -0.842. The van der Waals surface area contributed by atoms with Gasteiger partial charge in [0.25, 0.3) is 0 Å². The Morgan fingerprint density at radius 1 is 0.750 bits per heavy atom. The van der Waals surface area contributed by atoms with Gasteiger partial charge in [0.05, 0.1) is 5.54 Å². The van der Waals surface area contributed by atoms with Gasteiger partial charge in [-0.2, -0.15) is 0 Å². The highest BCUT2D eigenvalue weighted by Gasteiger charge is 2.40. The molecule has 5 nitrogen and oxygen atoms in total. The van der Waals surface area contributed by atoms with Gasteiger partial charge < -0.3 is 9.47 Å². The van der Waals surface area contributed by atoms with Crippen molar-refractivity contribution in [3.8, 4) is 0 Å². The fraction of sp³-hybridized carbons (Fsp3) is 0.226. The minimum absolute atomic E-state index is 0.105. The Balaban J connectivity index is 2.04. The third-order valence-corrected chi connectivity index (χ3v) is 5.87. The number of carbonyl (C=O) groups is 2. The van der Waals surface area contributed by atoms with Gasteiger partial charge in [-0.1, -0.05) is 116 Å². The summed E-state index contributed by atoms with van der Waals surface area (Å²) in [6, 6.07) is 29.4. The van der Waals surface area contributed by atoms with E-state index in [4.69, 9.17) is 9.47 Å². The molecule has 0 amide bonds. The van der Waals surface area contributed by atoms with Crippen LogP contribution in [0.15, 0.2) is 116 Å². The van der Waals surface area contributed by atoms with Crippen molar-refractivity contribution in [2.45, 2.75) is 30.8 Å². The van der Waals surface area contributed by atoms with Crippen molar-refractivity contribution in [1.82, 2.24) is 5.32 Å². The lowest BCUT2D eigenvalue weighted by Gasteiger charge is -2.39. The zero-order chi connectivity index (χ0) is 25.6. The molecule has 3 rings (SSSR count). The predicted molar refractivity (Wildman–Crippen MR) is 142 cm³/mol. The molecule has 0 aliphatic heterocycles. The number of hydrogen-bond donors (Lipinski definition) is 1. The quantitative estimate of drug-likeness (QED) is 0.185. The average Bonchev–Trinajstić information content (AvgIpc) is 2.94. The summed E-state index contributed by atoms with van der Waals surface area (Å²) in [6.45, 7) is 7.49. The first-order valence-electron chi connectivity index (χ1n) is 12.1. The van der Waals surface area contributed by atoms with E-state index >= 15 is 0 Å². The van der Waals surface area contributed by atoms with Crippen molar-refractivity contribution in [1.29, 1.82) is 0 Å². The zero-order valence-electron chi connectivity index (χ0n) is 20.5. The van der Waals surface area contributed by atoms with Crippen molar-refractivity contribution in [3.63, 3.8) is 0 Å². The van der Waals surface area contributed by atoms with Gasteiger partial charge in [0.15, 0.2) is 0 Å². The molecule has 0 spiro atoms. The van der Waals surface area contributed by atoms with Crippen LogP contribution in [-0.4, -0.2) is 31.2 Å². The Morgan fingerprint density at radius 2 is 1.19 bits per heavy atom. The molecule has 186 valence electrons. The molecule has 1 unspecified atom stereocenters. The van der Waals surface area contributed by atoms with Crippen LogP contribution >= 0.6 is 0 Å². The van der Waals surface area contributed by atoms with Gasteiger partial charge in [0.1, 0.15) is 19.3 Å². The SMILES string of the molecule is C=CCOC(=O)CCCC(NC(c1ccccc1)(c1ccccc1)c1ccccc1)C(=O)OCC=C. The maximum atomic E-state index is 13.3. The van der Waals surface area contributed by atoms with E-state index in [1.165, 1.54) is 6.08 Å². The molecule has 0 heterocycles. The summed E-state index contributed by atoms with van der Waals surface area (Å²) >= 11 is 0. The molecule has 3 aromatic carbocycles. The Morgan fingerprint density at radius 3 is 1.64 bits per heavy atom.